The third-order valence-corrected chi connectivity index (χ3v) is 5.80. The predicted octanol–water partition coefficient (Wildman–Crippen LogP) is 3.17. The quantitative estimate of drug-likeness (QED) is 0.719. The number of amides is 4. The fourth-order valence-corrected chi connectivity index (χ4v) is 4.09. The van der Waals surface area contributed by atoms with E-state index in [9.17, 15) is 14.4 Å². The van der Waals surface area contributed by atoms with Crippen molar-refractivity contribution >= 4 is 29.2 Å². The van der Waals surface area contributed by atoms with Crippen LogP contribution in [-0.2, 0) is 15.1 Å². The van der Waals surface area contributed by atoms with Gasteiger partial charge in [-0.15, -0.1) is 11.3 Å². The summed E-state index contributed by atoms with van der Waals surface area (Å²) < 4.78 is 0. The second kappa shape index (κ2) is 7.92. The lowest BCUT2D eigenvalue weighted by Gasteiger charge is -2.22. The van der Waals surface area contributed by atoms with E-state index in [0.29, 0.717) is 0 Å². The number of imide groups is 1. The first-order chi connectivity index (χ1) is 13.0. The molecule has 142 valence electrons. The Kier molecular flexibility index (Phi) is 5.60. The Balaban J connectivity index is 1.70. The molecule has 1 aliphatic rings. The zero-order valence-electron chi connectivity index (χ0n) is 15.4. The number of hydrogen-bond donors (Lipinski definition) is 2. The first kappa shape index (κ1) is 19.1. The fraction of sp³-hybridized carbons (Fsp3) is 0.350. The lowest BCUT2D eigenvalue weighted by atomic mass is 10.0. The van der Waals surface area contributed by atoms with Gasteiger partial charge in [0.2, 0.25) is 5.91 Å². The molecule has 0 spiro atoms. The van der Waals surface area contributed by atoms with Crippen molar-refractivity contribution in [2.75, 3.05) is 6.54 Å². The molecular weight excluding hydrogens is 362 g/mol. The highest BCUT2D eigenvalue weighted by atomic mass is 32.1. The second-order valence-corrected chi connectivity index (χ2v) is 7.69. The van der Waals surface area contributed by atoms with Crippen LogP contribution in [-0.4, -0.2) is 29.3 Å². The number of carbonyl (C=O) groups is 3. The van der Waals surface area contributed by atoms with E-state index in [1.807, 2.05) is 48.7 Å². The third kappa shape index (κ3) is 3.88. The smallest absolute Gasteiger partial charge is 0.325 e. The van der Waals surface area contributed by atoms with Crippen LogP contribution in [0.2, 0.25) is 0 Å². The van der Waals surface area contributed by atoms with Crippen molar-refractivity contribution in [3.05, 3.63) is 58.3 Å². The number of urea groups is 1. The molecule has 27 heavy (non-hydrogen) atoms. The number of nitrogens with zero attached hydrogens (tertiary/aromatic N) is 1. The first-order valence-electron chi connectivity index (χ1n) is 8.98. The fourth-order valence-electron chi connectivity index (χ4n) is 3.25. The van der Waals surface area contributed by atoms with Crippen molar-refractivity contribution < 1.29 is 14.4 Å². The summed E-state index contributed by atoms with van der Waals surface area (Å²) in [6.45, 7) is 3.42. The summed E-state index contributed by atoms with van der Waals surface area (Å²) >= 11 is 1.40. The van der Waals surface area contributed by atoms with Crippen LogP contribution in [0.15, 0.2) is 47.8 Å². The molecule has 3 rings (SSSR count). The van der Waals surface area contributed by atoms with E-state index < -0.39 is 17.5 Å². The molecule has 1 saturated heterocycles. The summed E-state index contributed by atoms with van der Waals surface area (Å²) in [5.74, 6) is -0.756. The van der Waals surface area contributed by atoms with Crippen LogP contribution >= 0.6 is 11.3 Å². The summed E-state index contributed by atoms with van der Waals surface area (Å²) in [6.07, 6.45) is 1.68. The summed E-state index contributed by atoms with van der Waals surface area (Å²) in [6, 6.07) is 12.6. The Morgan fingerprint density at radius 3 is 2.59 bits per heavy atom. The van der Waals surface area contributed by atoms with Crippen LogP contribution in [0.1, 0.15) is 43.2 Å². The highest BCUT2D eigenvalue weighted by Gasteiger charge is 2.50. The van der Waals surface area contributed by atoms with Gasteiger partial charge < -0.3 is 10.6 Å². The zero-order valence-corrected chi connectivity index (χ0v) is 16.2. The minimum absolute atomic E-state index is 0.145. The van der Waals surface area contributed by atoms with Gasteiger partial charge in [0.25, 0.3) is 5.91 Å². The molecule has 1 aromatic carbocycles. The normalized spacial score (nSPS) is 20.4. The van der Waals surface area contributed by atoms with Gasteiger partial charge in [0, 0.05) is 4.88 Å². The average Bonchev–Trinajstić information content (AvgIpc) is 3.27. The predicted molar refractivity (Wildman–Crippen MR) is 104 cm³/mol. The number of rotatable bonds is 7. The van der Waals surface area contributed by atoms with Crippen molar-refractivity contribution in [1.82, 2.24) is 15.5 Å². The molecule has 2 N–H and O–H groups in total. The Labute approximate surface area is 162 Å². The highest BCUT2D eigenvalue weighted by molar-refractivity contribution is 7.10. The van der Waals surface area contributed by atoms with E-state index in [4.69, 9.17) is 0 Å². The van der Waals surface area contributed by atoms with Gasteiger partial charge in [-0.3, -0.25) is 14.5 Å². The van der Waals surface area contributed by atoms with E-state index in [2.05, 4.69) is 10.6 Å². The molecule has 2 unspecified atom stereocenters. The van der Waals surface area contributed by atoms with Gasteiger partial charge in [0.1, 0.15) is 6.54 Å². The van der Waals surface area contributed by atoms with E-state index >= 15 is 0 Å². The molecule has 2 aromatic rings. The van der Waals surface area contributed by atoms with E-state index in [1.165, 1.54) is 11.3 Å². The average molecular weight is 385 g/mol. The van der Waals surface area contributed by atoms with Gasteiger partial charge in [0.15, 0.2) is 5.54 Å². The minimum atomic E-state index is -1.12. The maximum atomic E-state index is 12.8. The molecular formula is C20H23N3O3S. The molecule has 4 amide bonds. The Morgan fingerprint density at radius 1 is 1.22 bits per heavy atom. The largest absolute Gasteiger partial charge is 0.348 e. The Bertz CT molecular complexity index is 822. The summed E-state index contributed by atoms with van der Waals surface area (Å²) in [5.41, 5.74) is -0.110. The van der Waals surface area contributed by atoms with Gasteiger partial charge in [-0.2, -0.15) is 0 Å². The van der Waals surface area contributed by atoms with Crippen molar-refractivity contribution in [3.63, 3.8) is 0 Å². The molecule has 0 bridgehead atoms. The Hall–Kier alpha value is -2.67. The first-order valence-corrected chi connectivity index (χ1v) is 9.86. The van der Waals surface area contributed by atoms with Crippen molar-refractivity contribution in [1.29, 1.82) is 0 Å². The third-order valence-electron chi connectivity index (χ3n) is 4.71. The highest BCUT2D eigenvalue weighted by Crippen LogP contribution is 2.31. The Morgan fingerprint density at radius 2 is 1.96 bits per heavy atom. The summed E-state index contributed by atoms with van der Waals surface area (Å²) in [5, 5.41) is 7.52. The van der Waals surface area contributed by atoms with Crippen LogP contribution in [0.4, 0.5) is 4.79 Å². The number of benzene rings is 1. The SMILES string of the molecule is CCCC(NC(=O)CN1C(=O)NC(C)(c2cccs2)C1=O)c1ccccc1. The molecule has 0 radical (unpaired) electrons. The van der Waals surface area contributed by atoms with Crippen LogP contribution < -0.4 is 10.6 Å². The van der Waals surface area contributed by atoms with Gasteiger partial charge >= 0.3 is 6.03 Å². The van der Waals surface area contributed by atoms with Gasteiger partial charge in [0.05, 0.1) is 6.04 Å². The molecule has 2 heterocycles. The number of hydrogen-bond acceptors (Lipinski definition) is 4. The lowest BCUT2D eigenvalue weighted by molar-refractivity contribution is -0.135. The number of thiophene rings is 1. The maximum Gasteiger partial charge on any atom is 0.325 e. The minimum Gasteiger partial charge on any atom is -0.348 e. The standard InChI is InChI=1S/C20H23N3O3S/c1-3-8-15(14-9-5-4-6-10-14)21-17(24)13-23-18(25)20(2,22-19(23)26)16-11-7-12-27-16/h4-7,9-12,15H,3,8,13H2,1-2H3,(H,21,24)(H,22,26). The number of carbonyl (C=O) groups excluding carboxylic acids is 3. The van der Waals surface area contributed by atoms with E-state index in [0.717, 1.165) is 28.2 Å². The van der Waals surface area contributed by atoms with Crippen LogP contribution in [0.25, 0.3) is 0 Å². The zero-order chi connectivity index (χ0) is 19.4. The lowest BCUT2D eigenvalue weighted by Crippen LogP contribution is -2.43. The van der Waals surface area contributed by atoms with Crippen LogP contribution in [0, 0.1) is 0 Å². The van der Waals surface area contributed by atoms with E-state index in [-0.39, 0.29) is 18.5 Å². The molecule has 1 aromatic heterocycles. The molecule has 0 aliphatic carbocycles. The van der Waals surface area contributed by atoms with Crippen LogP contribution in [0.3, 0.4) is 0 Å². The topological polar surface area (TPSA) is 78.5 Å². The van der Waals surface area contributed by atoms with Crippen molar-refractivity contribution in [2.45, 2.75) is 38.3 Å². The van der Waals surface area contributed by atoms with Gasteiger partial charge in [-0.25, -0.2) is 4.79 Å². The molecule has 1 fully saturated rings. The second-order valence-electron chi connectivity index (χ2n) is 6.74. The van der Waals surface area contributed by atoms with Crippen molar-refractivity contribution in [2.24, 2.45) is 0 Å². The molecule has 0 saturated carbocycles. The molecule has 2 atom stereocenters. The van der Waals surface area contributed by atoms with Crippen LogP contribution in [0.5, 0.6) is 0 Å². The monoisotopic (exact) mass is 385 g/mol. The van der Waals surface area contributed by atoms with Gasteiger partial charge in [-0.1, -0.05) is 49.7 Å². The van der Waals surface area contributed by atoms with Gasteiger partial charge in [-0.05, 0) is 30.4 Å². The summed E-state index contributed by atoms with van der Waals surface area (Å²) in [4.78, 5) is 39.5. The summed E-state index contributed by atoms with van der Waals surface area (Å²) in [7, 11) is 0. The molecule has 6 nitrogen and oxygen atoms in total. The maximum absolute atomic E-state index is 12.8. The number of nitrogens with one attached hydrogen (secondary N) is 2. The van der Waals surface area contributed by atoms with Crippen molar-refractivity contribution in [3.8, 4) is 0 Å². The molecule has 7 heteroatoms. The molecule has 1 aliphatic heterocycles. The van der Waals surface area contributed by atoms with E-state index in [1.54, 1.807) is 13.0 Å².